The zero-order valence-corrected chi connectivity index (χ0v) is 13.2. The van der Waals surface area contributed by atoms with Crippen LogP contribution in [0.5, 0.6) is 11.5 Å². The monoisotopic (exact) mass is 296 g/mol. The molecule has 0 aliphatic rings. The second-order valence-corrected chi connectivity index (χ2v) is 4.93. The molecule has 0 amide bonds. The zero-order chi connectivity index (χ0) is 14.8. The summed E-state index contributed by atoms with van der Waals surface area (Å²) < 4.78 is 32.1. The maximum Gasteiger partial charge on any atom is 0.268 e. The van der Waals surface area contributed by atoms with Gasteiger partial charge in [0.2, 0.25) is 0 Å². The van der Waals surface area contributed by atoms with E-state index in [1.807, 2.05) is 27.7 Å². The number of ether oxygens (including phenoxy) is 2. The molecule has 0 N–H and O–H groups in total. The fourth-order valence-electron chi connectivity index (χ4n) is 1.06. The van der Waals surface area contributed by atoms with Gasteiger partial charge in [-0.3, -0.25) is 0 Å². The van der Waals surface area contributed by atoms with Crippen molar-refractivity contribution in [3.05, 3.63) is 18.2 Å². The van der Waals surface area contributed by atoms with Crippen molar-refractivity contribution in [3.8, 4) is 11.5 Å². The molecule has 106 valence electrons. The van der Waals surface area contributed by atoms with Crippen molar-refractivity contribution in [2.45, 2.75) is 32.6 Å². The zero-order valence-electron chi connectivity index (χ0n) is 11.7. The SMILES string of the molecule is CC.CC.COc1cccc(OC)c1S(=O)(=O)Cl. The Morgan fingerprint density at radius 1 is 0.944 bits per heavy atom. The number of rotatable bonds is 3. The molecule has 4 nitrogen and oxygen atoms in total. The van der Waals surface area contributed by atoms with Gasteiger partial charge in [0.05, 0.1) is 14.2 Å². The van der Waals surface area contributed by atoms with Crippen LogP contribution in [-0.2, 0) is 9.05 Å². The first-order chi connectivity index (χ1) is 8.50. The van der Waals surface area contributed by atoms with Crippen molar-refractivity contribution < 1.29 is 17.9 Å². The lowest BCUT2D eigenvalue weighted by Gasteiger charge is -2.09. The summed E-state index contributed by atoms with van der Waals surface area (Å²) >= 11 is 0. The molecule has 1 rings (SSSR count). The van der Waals surface area contributed by atoms with E-state index in [0.717, 1.165) is 0 Å². The first-order valence-electron chi connectivity index (χ1n) is 5.66. The second kappa shape index (κ2) is 10.0. The first-order valence-corrected chi connectivity index (χ1v) is 7.97. The summed E-state index contributed by atoms with van der Waals surface area (Å²) in [6.07, 6.45) is 0. The number of benzene rings is 1. The van der Waals surface area contributed by atoms with E-state index in [-0.39, 0.29) is 16.4 Å². The summed E-state index contributed by atoms with van der Waals surface area (Å²) in [7, 11) is 4.10. The van der Waals surface area contributed by atoms with E-state index < -0.39 is 9.05 Å². The predicted octanol–water partition coefficient (Wildman–Crippen LogP) is 3.68. The van der Waals surface area contributed by atoms with Crippen LogP contribution in [0.4, 0.5) is 0 Å². The van der Waals surface area contributed by atoms with Crippen LogP contribution in [0.2, 0.25) is 0 Å². The molecular formula is C12H21ClO4S. The van der Waals surface area contributed by atoms with Gasteiger partial charge in [0.15, 0.2) is 4.90 Å². The van der Waals surface area contributed by atoms with E-state index in [4.69, 9.17) is 20.2 Å². The third kappa shape index (κ3) is 5.60. The number of methoxy groups -OCH3 is 2. The number of halogens is 1. The minimum absolute atomic E-state index is 0.147. The number of hydrogen-bond acceptors (Lipinski definition) is 4. The minimum Gasteiger partial charge on any atom is -0.495 e. The summed E-state index contributed by atoms with van der Waals surface area (Å²) in [6, 6.07) is 4.61. The van der Waals surface area contributed by atoms with Gasteiger partial charge in [0.25, 0.3) is 9.05 Å². The molecule has 0 aliphatic heterocycles. The highest BCUT2D eigenvalue weighted by Gasteiger charge is 2.21. The fraction of sp³-hybridized carbons (Fsp3) is 0.500. The molecule has 18 heavy (non-hydrogen) atoms. The normalized spacial score (nSPS) is 9.28. The van der Waals surface area contributed by atoms with E-state index >= 15 is 0 Å². The van der Waals surface area contributed by atoms with Gasteiger partial charge in [-0.15, -0.1) is 0 Å². The summed E-state index contributed by atoms with van der Waals surface area (Å²) in [5.74, 6) is 0.332. The highest BCUT2D eigenvalue weighted by atomic mass is 35.7. The molecule has 1 aromatic rings. The lowest BCUT2D eigenvalue weighted by molar-refractivity contribution is 0.374. The van der Waals surface area contributed by atoms with Gasteiger partial charge in [-0.1, -0.05) is 33.8 Å². The maximum atomic E-state index is 11.2. The Morgan fingerprint density at radius 3 is 1.50 bits per heavy atom. The molecule has 0 saturated carbocycles. The summed E-state index contributed by atoms with van der Waals surface area (Å²) in [5, 5.41) is 0. The van der Waals surface area contributed by atoms with Crippen LogP contribution in [-0.4, -0.2) is 22.6 Å². The molecular weight excluding hydrogens is 276 g/mol. The van der Waals surface area contributed by atoms with E-state index in [0.29, 0.717) is 0 Å². The smallest absolute Gasteiger partial charge is 0.268 e. The molecule has 0 bridgehead atoms. The van der Waals surface area contributed by atoms with Crippen molar-refractivity contribution in [1.82, 2.24) is 0 Å². The summed E-state index contributed by atoms with van der Waals surface area (Å²) in [5.41, 5.74) is 0. The Balaban J connectivity index is 0. The summed E-state index contributed by atoms with van der Waals surface area (Å²) in [6.45, 7) is 8.00. The van der Waals surface area contributed by atoms with Crippen LogP contribution in [0, 0.1) is 0 Å². The highest BCUT2D eigenvalue weighted by molar-refractivity contribution is 8.13. The molecule has 0 saturated heterocycles. The molecule has 0 spiro atoms. The van der Waals surface area contributed by atoms with Crippen LogP contribution in [0.25, 0.3) is 0 Å². The first kappa shape index (κ1) is 19.4. The third-order valence-corrected chi connectivity index (χ3v) is 2.98. The van der Waals surface area contributed by atoms with Crippen LogP contribution in [0.15, 0.2) is 23.1 Å². The van der Waals surface area contributed by atoms with Gasteiger partial charge in [-0.25, -0.2) is 8.42 Å². The Bertz CT molecular complexity index is 407. The largest absolute Gasteiger partial charge is 0.495 e. The van der Waals surface area contributed by atoms with Crippen LogP contribution < -0.4 is 9.47 Å². The standard InChI is InChI=1S/C8H9ClO4S.2C2H6/c1-12-6-4-3-5-7(13-2)8(6)14(9,10)11;2*1-2/h3-5H,1-2H3;2*1-2H3. The van der Waals surface area contributed by atoms with Gasteiger partial charge in [0, 0.05) is 10.7 Å². The summed E-state index contributed by atoms with van der Waals surface area (Å²) in [4.78, 5) is -0.147. The highest BCUT2D eigenvalue weighted by Crippen LogP contribution is 2.34. The van der Waals surface area contributed by atoms with Crippen LogP contribution in [0.3, 0.4) is 0 Å². The quantitative estimate of drug-likeness (QED) is 0.798. The molecule has 0 radical (unpaired) electrons. The maximum absolute atomic E-state index is 11.2. The van der Waals surface area contributed by atoms with Crippen molar-refractivity contribution in [1.29, 1.82) is 0 Å². The molecule has 6 heteroatoms. The Kier molecular flexibility index (Phi) is 10.8. The van der Waals surface area contributed by atoms with Gasteiger partial charge in [-0.2, -0.15) is 0 Å². The molecule has 0 fully saturated rings. The van der Waals surface area contributed by atoms with E-state index in [2.05, 4.69) is 0 Å². The van der Waals surface area contributed by atoms with Gasteiger partial charge in [-0.05, 0) is 12.1 Å². The van der Waals surface area contributed by atoms with Gasteiger partial charge in [0.1, 0.15) is 11.5 Å². The molecule has 0 unspecified atom stereocenters. The van der Waals surface area contributed by atoms with Crippen molar-refractivity contribution in [2.24, 2.45) is 0 Å². The Hall–Kier alpha value is -0.940. The lowest BCUT2D eigenvalue weighted by atomic mass is 10.3. The average Bonchev–Trinajstić information content (AvgIpc) is 2.41. The molecule has 0 aromatic heterocycles. The van der Waals surface area contributed by atoms with E-state index in [1.165, 1.54) is 26.4 Å². The van der Waals surface area contributed by atoms with Crippen LogP contribution >= 0.6 is 10.7 Å². The molecule has 0 atom stereocenters. The topological polar surface area (TPSA) is 52.6 Å². The third-order valence-electron chi connectivity index (χ3n) is 1.63. The molecule has 1 aromatic carbocycles. The Labute approximate surface area is 114 Å². The van der Waals surface area contributed by atoms with Crippen molar-refractivity contribution in [3.63, 3.8) is 0 Å². The van der Waals surface area contributed by atoms with E-state index in [9.17, 15) is 8.42 Å². The van der Waals surface area contributed by atoms with E-state index in [1.54, 1.807) is 6.07 Å². The minimum atomic E-state index is -3.87. The van der Waals surface area contributed by atoms with Gasteiger partial charge < -0.3 is 9.47 Å². The number of hydrogen-bond donors (Lipinski definition) is 0. The average molecular weight is 297 g/mol. The Morgan fingerprint density at radius 2 is 1.28 bits per heavy atom. The lowest BCUT2D eigenvalue weighted by Crippen LogP contribution is -1.99. The fourth-order valence-corrected chi connectivity index (χ4v) is 2.30. The van der Waals surface area contributed by atoms with Crippen molar-refractivity contribution >= 4 is 19.7 Å². The van der Waals surface area contributed by atoms with Gasteiger partial charge >= 0.3 is 0 Å². The second-order valence-electron chi connectivity index (χ2n) is 2.43. The van der Waals surface area contributed by atoms with Crippen molar-refractivity contribution in [2.75, 3.05) is 14.2 Å². The van der Waals surface area contributed by atoms with Crippen LogP contribution in [0.1, 0.15) is 27.7 Å². The predicted molar refractivity (Wildman–Crippen MR) is 75.3 cm³/mol. The molecule has 0 heterocycles. The molecule has 0 aliphatic carbocycles.